The summed E-state index contributed by atoms with van der Waals surface area (Å²) >= 11 is 0. The highest BCUT2D eigenvalue weighted by molar-refractivity contribution is 5.88. The largest absolute Gasteiger partial charge is 0.476 e. The van der Waals surface area contributed by atoms with E-state index in [0.717, 1.165) is 30.7 Å². The minimum absolute atomic E-state index is 0.0183. The first-order chi connectivity index (χ1) is 11.2. The van der Waals surface area contributed by atoms with Crippen LogP contribution in [-0.4, -0.2) is 20.9 Å². The molecule has 1 heterocycles. The van der Waals surface area contributed by atoms with Gasteiger partial charge in [0.25, 0.3) is 0 Å². The number of fused-ring (bicyclic) bond motifs is 5. The number of hydrogen-bond donors (Lipinski definition) is 1. The first-order valence-electron chi connectivity index (χ1n) is 8.00. The average molecular weight is 332 g/mol. The number of rotatable bonds is 2. The Morgan fingerprint density at radius 2 is 2.04 bits per heavy atom. The fraction of sp³-hybridized carbons (Fsp3) is 0.444. The van der Waals surface area contributed by atoms with Crippen molar-refractivity contribution >= 4 is 5.97 Å². The standard InChI is InChI=1S/C18H18F2N2O2/c1-17(2)10-6-7-18(17,3)15-13(10)14(16(23)24)21-22(15)12-5-4-9(19)8-11(12)20/h4-5,8,10H,6-7H2,1-3H3,(H,23,24)/t10-,18+/m1/s1. The fourth-order valence-corrected chi connectivity index (χ4v) is 4.71. The molecule has 0 spiro atoms. The van der Waals surface area contributed by atoms with Crippen LogP contribution in [0.1, 0.15) is 61.3 Å². The Hall–Kier alpha value is -2.24. The Balaban J connectivity index is 2.05. The molecule has 1 saturated carbocycles. The predicted octanol–water partition coefficient (Wildman–Crippen LogP) is 4.02. The van der Waals surface area contributed by atoms with Crippen molar-refractivity contribution in [2.75, 3.05) is 0 Å². The Kier molecular flexibility index (Phi) is 2.83. The molecule has 0 radical (unpaired) electrons. The van der Waals surface area contributed by atoms with Gasteiger partial charge < -0.3 is 5.11 Å². The number of aromatic nitrogens is 2. The number of carboxylic acid groups (broad SMARTS) is 1. The molecule has 126 valence electrons. The van der Waals surface area contributed by atoms with Gasteiger partial charge in [-0.15, -0.1) is 0 Å². The van der Waals surface area contributed by atoms with E-state index >= 15 is 0 Å². The third kappa shape index (κ3) is 1.61. The summed E-state index contributed by atoms with van der Waals surface area (Å²) in [5.74, 6) is -2.45. The molecule has 6 heteroatoms. The number of carbonyl (C=O) groups is 1. The maximum atomic E-state index is 14.3. The van der Waals surface area contributed by atoms with Crippen LogP contribution >= 0.6 is 0 Å². The van der Waals surface area contributed by atoms with Gasteiger partial charge in [-0.2, -0.15) is 5.10 Å². The van der Waals surface area contributed by atoms with E-state index in [1.807, 2.05) is 0 Å². The van der Waals surface area contributed by atoms with Crippen LogP contribution in [0.2, 0.25) is 0 Å². The van der Waals surface area contributed by atoms with Crippen LogP contribution in [0.15, 0.2) is 18.2 Å². The van der Waals surface area contributed by atoms with Crippen molar-refractivity contribution in [2.24, 2.45) is 5.41 Å². The molecular formula is C18H18F2N2O2. The summed E-state index contributed by atoms with van der Waals surface area (Å²) in [5, 5.41) is 13.8. The van der Waals surface area contributed by atoms with Crippen molar-refractivity contribution < 1.29 is 18.7 Å². The van der Waals surface area contributed by atoms with Crippen molar-refractivity contribution in [3.05, 3.63) is 46.8 Å². The molecule has 0 amide bonds. The lowest BCUT2D eigenvalue weighted by molar-refractivity contribution is 0.0687. The second-order valence-corrected chi connectivity index (χ2v) is 7.57. The van der Waals surface area contributed by atoms with Crippen molar-refractivity contribution in [2.45, 2.75) is 44.9 Å². The maximum Gasteiger partial charge on any atom is 0.356 e. The van der Waals surface area contributed by atoms with Gasteiger partial charge in [-0.1, -0.05) is 20.8 Å². The molecule has 4 nitrogen and oxygen atoms in total. The van der Waals surface area contributed by atoms with Crippen LogP contribution in [0.5, 0.6) is 0 Å². The van der Waals surface area contributed by atoms with Gasteiger partial charge in [0.1, 0.15) is 11.5 Å². The van der Waals surface area contributed by atoms with Gasteiger partial charge in [-0.3, -0.25) is 0 Å². The summed E-state index contributed by atoms with van der Waals surface area (Å²) in [6.45, 7) is 6.34. The van der Waals surface area contributed by atoms with E-state index in [-0.39, 0.29) is 28.1 Å². The smallest absolute Gasteiger partial charge is 0.356 e. The summed E-state index contributed by atoms with van der Waals surface area (Å²) < 4.78 is 29.0. The quantitative estimate of drug-likeness (QED) is 0.903. The summed E-state index contributed by atoms with van der Waals surface area (Å²) in [7, 11) is 0. The number of halogens is 2. The van der Waals surface area contributed by atoms with E-state index in [9.17, 15) is 18.7 Å². The summed E-state index contributed by atoms with van der Waals surface area (Å²) in [4.78, 5) is 11.7. The Morgan fingerprint density at radius 1 is 1.33 bits per heavy atom. The maximum absolute atomic E-state index is 14.3. The molecule has 1 N–H and O–H groups in total. The van der Waals surface area contributed by atoms with E-state index in [4.69, 9.17) is 0 Å². The molecule has 2 atom stereocenters. The Bertz CT molecular complexity index is 887. The summed E-state index contributed by atoms with van der Waals surface area (Å²) in [6.07, 6.45) is 1.79. The van der Waals surface area contributed by atoms with Crippen LogP contribution in [0.25, 0.3) is 5.69 Å². The van der Waals surface area contributed by atoms with E-state index in [1.165, 1.54) is 10.7 Å². The summed E-state index contributed by atoms with van der Waals surface area (Å²) in [5.41, 5.74) is 1.11. The molecule has 0 unspecified atom stereocenters. The molecule has 0 aliphatic heterocycles. The van der Waals surface area contributed by atoms with Crippen molar-refractivity contribution in [3.8, 4) is 5.69 Å². The third-order valence-electron chi connectivity index (χ3n) is 6.36. The van der Waals surface area contributed by atoms with Gasteiger partial charge in [0.15, 0.2) is 11.5 Å². The zero-order valence-corrected chi connectivity index (χ0v) is 13.7. The van der Waals surface area contributed by atoms with Gasteiger partial charge in [0.2, 0.25) is 0 Å². The van der Waals surface area contributed by atoms with Crippen LogP contribution in [0.4, 0.5) is 8.78 Å². The molecule has 2 aliphatic rings. The van der Waals surface area contributed by atoms with Gasteiger partial charge >= 0.3 is 5.97 Å². The monoisotopic (exact) mass is 332 g/mol. The van der Waals surface area contributed by atoms with Crippen LogP contribution in [0, 0.1) is 17.0 Å². The second-order valence-electron chi connectivity index (χ2n) is 7.57. The molecule has 0 saturated heterocycles. The molecule has 2 aromatic rings. The number of hydrogen-bond acceptors (Lipinski definition) is 2. The summed E-state index contributed by atoms with van der Waals surface area (Å²) in [6, 6.07) is 3.27. The van der Waals surface area contributed by atoms with Crippen LogP contribution in [0.3, 0.4) is 0 Å². The molecule has 1 aromatic carbocycles. The lowest BCUT2D eigenvalue weighted by Crippen LogP contribution is -2.33. The van der Waals surface area contributed by atoms with E-state index in [2.05, 4.69) is 25.9 Å². The zero-order valence-electron chi connectivity index (χ0n) is 13.7. The first-order valence-corrected chi connectivity index (χ1v) is 8.00. The SMILES string of the molecule is CC1(C)[C@@H]2CC[C@@]1(C)c1c2c(C(=O)O)nn1-c1ccc(F)cc1F. The number of aromatic carboxylic acids is 1. The normalized spacial score (nSPS) is 26.6. The number of benzene rings is 1. The zero-order chi connectivity index (χ0) is 17.4. The first kappa shape index (κ1) is 15.3. The van der Waals surface area contributed by atoms with Gasteiger partial charge in [-0.05, 0) is 36.3 Å². The van der Waals surface area contributed by atoms with E-state index < -0.39 is 17.6 Å². The van der Waals surface area contributed by atoms with Gasteiger partial charge in [0.05, 0.1) is 5.69 Å². The lowest BCUT2D eigenvalue weighted by Gasteiger charge is -2.35. The van der Waals surface area contributed by atoms with Crippen molar-refractivity contribution in [3.63, 3.8) is 0 Å². The minimum atomic E-state index is -1.11. The third-order valence-corrected chi connectivity index (χ3v) is 6.36. The van der Waals surface area contributed by atoms with Gasteiger partial charge in [-0.25, -0.2) is 18.3 Å². The second kappa shape index (κ2) is 4.43. The van der Waals surface area contributed by atoms with Gasteiger partial charge in [0, 0.05) is 17.0 Å². The molecule has 4 rings (SSSR count). The highest BCUT2D eigenvalue weighted by atomic mass is 19.1. The Labute approximate surface area is 138 Å². The molecular weight excluding hydrogens is 314 g/mol. The lowest BCUT2D eigenvalue weighted by atomic mass is 9.70. The topological polar surface area (TPSA) is 55.1 Å². The molecule has 24 heavy (non-hydrogen) atoms. The van der Waals surface area contributed by atoms with E-state index in [0.29, 0.717) is 5.56 Å². The number of carboxylic acids is 1. The molecule has 1 fully saturated rings. The van der Waals surface area contributed by atoms with Crippen LogP contribution < -0.4 is 0 Å². The molecule has 1 aromatic heterocycles. The fourth-order valence-electron chi connectivity index (χ4n) is 4.71. The minimum Gasteiger partial charge on any atom is -0.476 e. The van der Waals surface area contributed by atoms with Crippen molar-refractivity contribution in [1.29, 1.82) is 0 Å². The van der Waals surface area contributed by atoms with E-state index in [1.54, 1.807) is 0 Å². The highest BCUT2D eigenvalue weighted by Crippen LogP contribution is 2.68. The average Bonchev–Trinajstić information content (AvgIpc) is 3.03. The van der Waals surface area contributed by atoms with Crippen LogP contribution in [-0.2, 0) is 5.41 Å². The molecule has 2 bridgehead atoms. The number of nitrogens with zero attached hydrogens (tertiary/aromatic N) is 2. The highest BCUT2D eigenvalue weighted by Gasteiger charge is 2.63. The molecule has 2 aliphatic carbocycles. The predicted molar refractivity (Wildman–Crippen MR) is 83.5 cm³/mol. The Morgan fingerprint density at radius 3 is 2.67 bits per heavy atom. The van der Waals surface area contributed by atoms with Crippen molar-refractivity contribution in [1.82, 2.24) is 9.78 Å².